The summed E-state index contributed by atoms with van der Waals surface area (Å²) in [4.78, 5) is 2.55. The van der Waals surface area contributed by atoms with Crippen molar-refractivity contribution in [3.05, 3.63) is 29.3 Å². The lowest BCUT2D eigenvalue weighted by molar-refractivity contribution is 0.0459. The number of rotatable bonds is 3. The first-order chi connectivity index (χ1) is 11.7. The molecule has 2 aliphatic carbocycles. The van der Waals surface area contributed by atoms with E-state index in [1.807, 2.05) is 19.1 Å². The van der Waals surface area contributed by atoms with Crippen LogP contribution in [0.5, 0.6) is 5.75 Å². The van der Waals surface area contributed by atoms with E-state index in [4.69, 9.17) is 9.47 Å². The average Bonchev–Trinajstić information content (AvgIpc) is 3.35. The van der Waals surface area contributed by atoms with Crippen molar-refractivity contribution >= 4 is 11.8 Å². The third kappa shape index (κ3) is 2.18. The van der Waals surface area contributed by atoms with Crippen LogP contribution in [0.4, 0.5) is 0 Å². The first-order valence-corrected chi connectivity index (χ1v) is 10.2. The van der Waals surface area contributed by atoms with E-state index >= 15 is 0 Å². The SMILES string of the molecule is CCOC1OC1N1CS[C@@]23CCCC[C@@H]2[C@@H]1Cc1ccc(O)cc13. The zero-order valence-electron chi connectivity index (χ0n) is 14.1. The molecule has 5 rings (SSSR count). The maximum atomic E-state index is 10.1. The quantitative estimate of drug-likeness (QED) is 0.849. The highest BCUT2D eigenvalue weighted by Crippen LogP contribution is 2.61. The zero-order chi connectivity index (χ0) is 16.3. The van der Waals surface area contributed by atoms with E-state index in [2.05, 4.69) is 22.7 Å². The Balaban J connectivity index is 1.52. The van der Waals surface area contributed by atoms with Gasteiger partial charge in [-0.15, -0.1) is 11.8 Å². The molecule has 5 heteroatoms. The zero-order valence-corrected chi connectivity index (χ0v) is 14.9. The number of aromatic hydroxyl groups is 1. The molecule has 0 radical (unpaired) electrons. The van der Waals surface area contributed by atoms with Gasteiger partial charge in [-0.25, -0.2) is 0 Å². The van der Waals surface area contributed by atoms with Crippen molar-refractivity contribution in [1.82, 2.24) is 4.90 Å². The van der Waals surface area contributed by atoms with Crippen molar-refractivity contribution in [1.29, 1.82) is 0 Å². The van der Waals surface area contributed by atoms with E-state index in [1.165, 1.54) is 36.8 Å². The van der Waals surface area contributed by atoms with Crippen LogP contribution in [0.1, 0.15) is 43.7 Å². The van der Waals surface area contributed by atoms with Gasteiger partial charge in [0.25, 0.3) is 0 Å². The van der Waals surface area contributed by atoms with E-state index in [9.17, 15) is 5.11 Å². The highest BCUT2D eigenvalue weighted by molar-refractivity contribution is 8.00. The van der Waals surface area contributed by atoms with Gasteiger partial charge in [0.15, 0.2) is 12.5 Å². The van der Waals surface area contributed by atoms with Crippen LogP contribution in [0.15, 0.2) is 18.2 Å². The van der Waals surface area contributed by atoms with Gasteiger partial charge in [-0.1, -0.05) is 18.9 Å². The summed E-state index contributed by atoms with van der Waals surface area (Å²) in [6.45, 7) is 2.74. The first-order valence-electron chi connectivity index (χ1n) is 9.22. The monoisotopic (exact) mass is 347 g/mol. The third-order valence-corrected chi connectivity index (χ3v) is 8.01. The van der Waals surface area contributed by atoms with Crippen LogP contribution >= 0.6 is 11.8 Å². The molecule has 1 aromatic carbocycles. The number of phenols is 1. The number of phenolic OH excluding ortho intramolecular Hbond substituents is 1. The lowest BCUT2D eigenvalue weighted by Gasteiger charge is -2.58. The van der Waals surface area contributed by atoms with E-state index in [0.717, 1.165) is 12.3 Å². The second-order valence-electron chi connectivity index (χ2n) is 7.49. The Labute approximate surface area is 147 Å². The number of ether oxygens (including phenoxy) is 2. The molecule has 0 aromatic heterocycles. The largest absolute Gasteiger partial charge is 0.508 e. The average molecular weight is 347 g/mol. The molecular formula is C19H25NO3S. The predicted molar refractivity (Wildman–Crippen MR) is 93.8 cm³/mol. The summed E-state index contributed by atoms with van der Waals surface area (Å²) >= 11 is 2.08. The van der Waals surface area contributed by atoms with E-state index in [-0.39, 0.29) is 17.3 Å². The molecule has 2 saturated heterocycles. The molecule has 5 atom stereocenters. The maximum Gasteiger partial charge on any atom is 0.199 e. The maximum absolute atomic E-state index is 10.1. The Morgan fingerprint density at radius 1 is 1.42 bits per heavy atom. The lowest BCUT2D eigenvalue weighted by Crippen LogP contribution is -2.59. The molecular weight excluding hydrogens is 322 g/mol. The van der Waals surface area contributed by atoms with Crippen molar-refractivity contribution in [3.8, 4) is 5.75 Å². The van der Waals surface area contributed by atoms with E-state index < -0.39 is 0 Å². The lowest BCUT2D eigenvalue weighted by atomic mass is 9.64. The van der Waals surface area contributed by atoms with Crippen LogP contribution in [-0.2, 0) is 20.6 Å². The van der Waals surface area contributed by atoms with Gasteiger partial charge >= 0.3 is 0 Å². The summed E-state index contributed by atoms with van der Waals surface area (Å²) in [5.41, 5.74) is 2.83. The Hall–Kier alpha value is -0.750. The molecule has 130 valence electrons. The van der Waals surface area contributed by atoms with Crippen molar-refractivity contribution < 1.29 is 14.6 Å². The predicted octanol–water partition coefficient (Wildman–Crippen LogP) is 3.43. The van der Waals surface area contributed by atoms with Crippen LogP contribution in [0.25, 0.3) is 0 Å². The molecule has 1 N–H and O–H groups in total. The van der Waals surface area contributed by atoms with Gasteiger partial charge < -0.3 is 14.6 Å². The minimum atomic E-state index is -0.0343. The molecule has 1 saturated carbocycles. The molecule has 2 aliphatic heterocycles. The minimum absolute atomic E-state index is 0.0343. The number of fused-ring (bicyclic) bond motifs is 1. The fourth-order valence-electron chi connectivity index (χ4n) is 5.28. The normalized spacial score (nSPS) is 40.7. The molecule has 0 spiro atoms. The minimum Gasteiger partial charge on any atom is -0.508 e. The van der Waals surface area contributed by atoms with Crippen molar-refractivity contribution in [2.45, 2.75) is 62.3 Å². The standard InChI is InChI=1S/C19H25NO3S/c1-2-22-18-17(23-18)20-11-24-19-8-4-3-5-14(19)16(20)9-12-6-7-13(21)10-15(12)19/h6-7,10,14,16-18,21H,2-5,8-9,11H2,1H3/t14-,16+,17?,18?,19+/m1/s1. The second kappa shape index (κ2) is 5.63. The number of nitrogens with zero attached hydrogens (tertiary/aromatic N) is 1. The third-order valence-electron chi connectivity index (χ3n) is 6.34. The Kier molecular flexibility index (Phi) is 3.64. The fourth-order valence-corrected chi connectivity index (χ4v) is 7.12. The number of hydrogen-bond acceptors (Lipinski definition) is 5. The van der Waals surface area contributed by atoms with Crippen molar-refractivity contribution in [3.63, 3.8) is 0 Å². The summed E-state index contributed by atoms with van der Waals surface area (Å²) in [6.07, 6.45) is 6.33. The molecule has 4 aliphatic rings. The fraction of sp³-hybridized carbons (Fsp3) is 0.684. The molecule has 1 aromatic rings. The Morgan fingerprint density at radius 2 is 2.33 bits per heavy atom. The van der Waals surface area contributed by atoms with E-state index in [1.54, 1.807) is 0 Å². The van der Waals surface area contributed by atoms with Crippen LogP contribution in [-0.4, -0.2) is 41.0 Å². The summed E-state index contributed by atoms with van der Waals surface area (Å²) in [5.74, 6) is 2.08. The molecule has 2 bridgehead atoms. The molecule has 0 amide bonds. The van der Waals surface area contributed by atoms with Gasteiger partial charge in [-0.2, -0.15) is 0 Å². The number of thioether (sulfide) groups is 1. The highest BCUT2D eigenvalue weighted by Gasteiger charge is 2.59. The molecule has 24 heavy (non-hydrogen) atoms. The number of hydrogen-bond donors (Lipinski definition) is 1. The number of epoxide rings is 1. The first kappa shape index (κ1) is 15.5. The molecule has 2 heterocycles. The van der Waals surface area contributed by atoms with Gasteiger partial charge in [0.2, 0.25) is 0 Å². The topological polar surface area (TPSA) is 45.2 Å². The highest BCUT2D eigenvalue weighted by atomic mass is 32.2. The smallest absolute Gasteiger partial charge is 0.199 e. The summed E-state index contributed by atoms with van der Waals surface area (Å²) in [5, 5.41) is 10.1. The molecule has 4 nitrogen and oxygen atoms in total. The van der Waals surface area contributed by atoms with Gasteiger partial charge in [-0.05, 0) is 55.4 Å². The van der Waals surface area contributed by atoms with Gasteiger partial charge in [0.05, 0.1) is 0 Å². The van der Waals surface area contributed by atoms with Crippen molar-refractivity contribution in [2.75, 3.05) is 12.5 Å². The molecule has 3 fully saturated rings. The number of benzene rings is 1. The van der Waals surface area contributed by atoms with Crippen LogP contribution in [0.3, 0.4) is 0 Å². The van der Waals surface area contributed by atoms with Crippen LogP contribution in [0.2, 0.25) is 0 Å². The molecule has 2 unspecified atom stereocenters. The summed E-state index contributed by atoms with van der Waals surface area (Å²) in [6, 6.07) is 6.57. The van der Waals surface area contributed by atoms with Crippen LogP contribution < -0.4 is 0 Å². The summed E-state index contributed by atoms with van der Waals surface area (Å²) in [7, 11) is 0. The van der Waals surface area contributed by atoms with E-state index in [0.29, 0.717) is 24.3 Å². The van der Waals surface area contributed by atoms with Crippen LogP contribution in [0, 0.1) is 5.92 Å². The van der Waals surface area contributed by atoms with Gasteiger partial charge in [0.1, 0.15) is 5.75 Å². The van der Waals surface area contributed by atoms with Crippen molar-refractivity contribution in [2.24, 2.45) is 5.92 Å². The Morgan fingerprint density at radius 3 is 3.21 bits per heavy atom. The van der Waals surface area contributed by atoms with Gasteiger partial charge in [0, 0.05) is 23.3 Å². The second-order valence-corrected chi connectivity index (χ2v) is 8.77. The Bertz CT molecular complexity index is 653. The van der Waals surface area contributed by atoms with Gasteiger partial charge in [-0.3, -0.25) is 4.90 Å². The summed E-state index contributed by atoms with van der Waals surface area (Å²) < 4.78 is 11.7.